The number of halogens is 1. The van der Waals surface area contributed by atoms with Gasteiger partial charge in [-0.05, 0) is 24.3 Å². The molecule has 1 aliphatic rings. The molecule has 1 heterocycles. The lowest BCUT2D eigenvalue weighted by Crippen LogP contribution is -2.44. The fourth-order valence-corrected chi connectivity index (χ4v) is 3.38. The molecule has 0 bridgehead atoms. The first-order valence-corrected chi connectivity index (χ1v) is 8.80. The van der Waals surface area contributed by atoms with Crippen molar-refractivity contribution in [2.45, 2.75) is 4.90 Å². The molecule has 0 saturated heterocycles. The van der Waals surface area contributed by atoms with Gasteiger partial charge >= 0.3 is 0 Å². The number of benzene rings is 2. The summed E-state index contributed by atoms with van der Waals surface area (Å²) >= 11 is 1.47. The number of hydrogen-bond acceptors (Lipinski definition) is 4. The van der Waals surface area contributed by atoms with Crippen LogP contribution in [0.25, 0.3) is 0 Å². The summed E-state index contributed by atoms with van der Waals surface area (Å²) in [6.45, 7) is 0.328. The van der Waals surface area contributed by atoms with Crippen LogP contribution in [0.4, 0.5) is 10.1 Å². The van der Waals surface area contributed by atoms with E-state index in [0.717, 1.165) is 10.6 Å². The number of para-hydroxylation sites is 2. The second-order valence-corrected chi connectivity index (χ2v) is 6.38. The van der Waals surface area contributed by atoms with Gasteiger partial charge in [-0.15, -0.1) is 11.8 Å². The van der Waals surface area contributed by atoms with Crippen LogP contribution in [0.15, 0.2) is 53.4 Å². The summed E-state index contributed by atoms with van der Waals surface area (Å²) < 4.78 is 18.7. The minimum atomic E-state index is -0.443. The topological polar surface area (TPSA) is 58.6 Å². The van der Waals surface area contributed by atoms with Crippen LogP contribution in [0.3, 0.4) is 0 Å². The number of carbonyl (C=O) groups excluding carboxylic acids is 2. The zero-order valence-electron chi connectivity index (χ0n) is 13.4. The van der Waals surface area contributed by atoms with Crippen molar-refractivity contribution in [1.29, 1.82) is 0 Å². The number of ether oxygens (including phenoxy) is 1. The first kappa shape index (κ1) is 17.3. The van der Waals surface area contributed by atoms with Crippen molar-refractivity contribution in [3.05, 3.63) is 54.3 Å². The third-order valence-corrected chi connectivity index (χ3v) is 4.68. The smallest absolute Gasteiger partial charge is 0.240 e. The van der Waals surface area contributed by atoms with Gasteiger partial charge in [-0.1, -0.05) is 24.3 Å². The number of nitrogens with one attached hydrogen (secondary N) is 1. The molecule has 0 fully saturated rings. The molecule has 0 saturated carbocycles. The number of anilines is 1. The highest BCUT2D eigenvalue weighted by molar-refractivity contribution is 8.00. The van der Waals surface area contributed by atoms with Gasteiger partial charge in [-0.25, -0.2) is 4.39 Å². The average molecular weight is 360 g/mol. The molecule has 2 amide bonds. The SMILES string of the molecule is O=C(CN1C(=O)CSc2ccccc21)NCCOc1ccccc1F. The molecule has 0 atom stereocenters. The summed E-state index contributed by atoms with van der Waals surface area (Å²) in [6, 6.07) is 13.6. The molecule has 2 aromatic rings. The Morgan fingerprint density at radius 3 is 2.80 bits per heavy atom. The Balaban J connectivity index is 1.50. The number of nitrogens with zero attached hydrogens (tertiary/aromatic N) is 1. The lowest BCUT2D eigenvalue weighted by atomic mass is 10.2. The Morgan fingerprint density at radius 1 is 1.20 bits per heavy atom. The zero-order chi connectivity index (χ0) is 17.6. The zero-order valence-corrected chi connectivity index (χ0v) is 14.2. The molecule has 0 aromatic heterocycles. The normalized spacial score (nSPS) is 13.3. The van der Waals surface area contributed by atoms with Gasteiger partial charge in [0.05, 0.1) is 18.0 Å². The highest BCUT2D eigenvalue weighted by Crippen LogP contribution is 2.34. The second kappa shape index (κ2) is 8.02. The minimum Gasteiger partial charge on any atom is -0.489 e. The third kappa shape index (κ3) is 4.30. The maximum atomic E-state index is 13.4. The Morgan fingerprint density at radius 2 is 1.96 bits per heavy atom. The number of rotatable bonds is 6. The average Bonchev–Trinajstić information content (AvgIpc) is 2.62. The monoisotopic (exact) mass is 360 g/mol. The number of amides is 2. The van der Waals surface area contributed by atoms with Gasteiger partial charge in [0, 0.05) is 4.90 Å². The van der Waals surface area contributed by atoms with E-state index >= 15 is 0 Å². The summed E-state index contributed by atoms with van der Waals surface area (Å²) in [6.07, 6.45) is 0. The molecule has 130 valence electrons. The molecule has 5 nitrogen and oxygen atoms in total. The quantitative estimate of drug-likeness (QED) is 0.804. The highest BCUT2D eigenvalue weighted by atomic mass is 32.2. The van der Waals surface area contributed by atoms with Crippen LogP contribution in [-0.2, 0) is 9.59 Å². The molecule has 1 N–H and O–H groups in total. The van der Waals surface area contributed by atoms with Gasteiger partial charge < -0.3 is 15.0 Å². The number of hydrogen-bond donors (Lipinski definition) is 1. The van der Waals surface area contributed by atoms with Gasteiger partial charge in [0.15, 0.2) is 11.6 Å². The highest BCUT2D eigenvalue weighted by Gasteiger charge is 2.25. The molecular formula is C18H17FN2O3S. The van der Waals surface area contributed by atoms with Gasteiger partial charge in [-0.2, -0.15) is 0 Å². The number of thioether (sulfide) groups is 1. The standard InChI is InChI=1S/C18H17FN2O3S/c19-13-5-1-3-7-15(13)24-10-9-20-17(22)11-21-14-6-2-4-8-16(14)25-12-18(21)23/h1-8H,9-12H2,(H,20,22). The van der Waals surface area contributed by atoms with Gasteiger partial charge in [0.25, 0.3) is 0 Å². The van der Waals surface area contributed by atoms with Crippen molar-refractivity contribution in [3.63, 3.8) is 0 Å². The van der Waals surface area contributed by atoms with Crippen LogP contribution in [0.2, 0.25) is 0 Å². The maximum absolute atomic E-state index is 13.4. The van der Waals surface area contributed by atoms with E-state index in [4.69, 9.17) is 4.74 Å². The van der Waals surface area contributed by atoms with E-state index in [1.54, 1.807) is 12.1 Å². The Kier molecular flexibility index (Phi) is 5.55. The maximum Gasteiger partial charge on any atom is 0.240 e. The van der Waals surface area contributed by atoms with Crippen LogP contribution >= 0.6 is 11.8 Å². The van der Waals surface area contributed by atoms with E-state index in [0.29, 0.717) is 5.75 Å². The van der Waals surface area contributed by atoms with Crippen molar-refractivity contribution in [3.8, 4) is 5.75 Å². The summed E-state index contributed by atoms with van der Waals surface area (Å²) in [7, 11) is 0. The van der Waals surface area contributed by atoms with Crippen LogP contribution in [-0.4, -0.2) is 37.3 Å². The van der Waals surface area contributed by atoms with E-state index in [1.165, 1.54) is 28.8 Å². The summed E-state index contributed by atoms with van der Waals surface area (Å²) in [4.78, 5) is 26.7. The molecule has 0 aliphatic carbocycles. The molecule has 2 aromatic carbocycles. The first-order valence-electron chi connectivity index (χ1n) is 7.81. The second-order valence-electron chi connectivity index (χ2n) is 5.37. The van der Waals surface area contributed by atoms with E-state index in [2.05, 4.69) is 5.32 Å². The van der Waals surface area contributed by atoms with Crippen molar-refractivity contribution >= 4 is 29.3 Å². The van der Waals surface area contributed by atoms with Crippen molar-refractivity contribution in [1.82, 2.24) is 5.32 Å². The van der Waals surface area contributed by atoms with Crippen molar-refractivity contribution in [2.75, 3.05) is 30.3 Å². The van der Waals surface area contributed by atoms with Gasteiger partial charge in [0.1, 0.15) is 13.2 Å². The minimum absolute atomic E-state index is 0.0455. The molecule has 1 aliphatic heterocycles. The predicted octanol–water partition coefficient (Wildman–Crippen LogP) is 2.46. The fraction of sp³-hybridized carbons (Fsp3) is 0.222. The Hall–Kier alpha value is -2.54. The molecule has 0 unspecified atom stereocenters. The summed E-state index contributed by atoms with van der Waals surface area (Å²) in [5.41, 5.74) is 0.751. The third-order valence-electron chi connectivity index (χ3n) is 3.63. The van der Waals surface area contributed by atoms with E-state index in [1.807, 2.05) is 24.3 Å². The number of fused-ring (bicyclic) bond motifs is 1. The lowest BCUT2D eigenvalue weighted by molar-refractivity contribution is -0.123. The predicted molar refractivity (Wildman–Crippen MR) is 94.4 cm³/mol. The lowest BCUT2D eigenvalue weighted by Gasteiger charge is -2.28. The van der Waals surface area contributed by atoms with E-state index < -0.39 is 5.82 Å². The molecule has 25 heavy (non-hydrogen) atoms. The Bertz CT molecular complexity index is 784. The van der Waals surface area contributed by atoms with Crippen LogP contribution in [0, 0.1) is 5.82 Å². The largest absolute Gasteiger partial charge is 0.489 e. The summed E-state index contributed by atoms with van der Waals surface area (Å²) in [5.74, 6) is -0.356. The van der Waals surface area contributed by atoms with Crippen LogP contribution < -0.4 is 15.0 Å². The van der Waals surface area contributed by atoms with Gasteiger partial charge in [0.2, 0.25) is 11.8 Å². The van der Waals surface area contributed by atoms with E-state index in [-0.39, 0.29) is 37.3 Å². The Labute approximate surface area is 149 Å². The van der Waals surface area contributed by atoms with Crippen LogP contribution in [0.1, 0.15) is 0 Å². The van der Waals surface area contributed by atoms with Gasteiger partial charge in [-0.3, -0.25) is 9.59 Å². The molecule has 3 rings (SSSR count). The first-order chi connectivity index (χ1) is 12.1. The molecule has 0 radical (unpaired) electrons. The van der Waals surface area contributed by atoms with E-state index in [9.17, 15) is 14.0 Å². The molecular weight excluding hydrogens is 343 g/mol. The molecule has 7 heteroatoms. The van der Waals surface area contributed by atoms with Crippen molar-refractivity contribution < 1.29 is 18.7 Å². The molecule has 0 spiro atoms. The summed E-state index contributed by atoms with van der Waals surface area (Å²) in [5, 5.41) is 2.68. The van der Waals surface area contributed by atoms with Crippen LogP contribution in [0.5, 0.6) is 5.75 Å². The number of carbonyl (C=O) groups is 2. The van der Waals surface area contributed by atoms with Crippen molar-refractivity contribution in [2.24, 2.45) is 0 Å². The fourth-order valence-electron chi connectivity index (χ4n) is 2.44.